The highest BCUT2D eigenvalue weighted by molar-refractivity contribution is 7.98. The summed E-state index contributed by atoms with van der Waals surface area (Å²) in [6.45, 7) is 0. The molecule has 0 bridgehead atoms. The Hall–Kier alpha value is -1.82. The number of hydrogen-bond donors (Lipinski definition) is 2. The zero-order chi connectivity index (χ0) is 14.8. The van der Waals surface area contributed by atoms with Gasteiger partial charge in [0.05, 0.1) is 0 Å². The molecule has 108 valence electrons. The highest BCUT2D eigenvalue weighted by Crippen LogP contribution is 2.30. The van der Waals surface area contributed by atoms with Gasteiger partial charge in [0.25, 0.3) is 0 Å². The third-order valence-electron chi connectivity index (χ3n) is 3.42. The predicted octanol–water partition coefficient (Wildman–Crippen LogP) is 3.85. The van der Waals surface area contributed by atoms with Crippen molar-refractivity contribution in [1.29, 1.82) is 0 Å². The Morgan fingerprint density at radius 1 is 1.19 bits per heavy atom. The molecule has 0 saturated carbocycles. The maximum Gasteiger partial charge on any atom is 0.169 e. The fraction of sp³-hybridized carbons (Fsp3) is 0.125. The van der Waals surface area contributed by atoms with Gasteiger partial charge in [-0.05, 0) is 36.1 Å². The molecule has 3 N–H and O–H groups in total. The van der Waals surface area contributed by atoms with E-state index in [2.05, 4.69) is 5.43 Å². The molecule has 1 atom stereocenters. The van der Waals surface area contributed by atoms with Gasteiger partial charge in [0.2, 0.25) is 0 Å². The van der Waals surface area contributed by atoms with Gasteiger partial charge in [0.15, 0.2) is 11.4 Å². The van der Waals surface area contributed by atoms with E-state index in [9.17, 15) is 4.39 Å². The van der Waals surface area contributed by atoms with Crippen molar-refractivity contribution in [2.24, 2.45) is 5.84 Å². The number of nitrogens with two attached hydrogens (primary N) is 1. The SMILES string of the molecule is CSc1ccc(C(NN)c2cc3cccc(F)c3o2)cc1. The molecule has 21 heavy (non-hydrogen) atoms. The van der Waals surface area contributed by atoms with Gasteiger partial charge >= 0.3 is 0 Å². The molecule has 1 heterocycles. The molecule has 0 saturated heterocycles. The Labute approximate surface area is 126 Å². The molecule has 1 aromatic heterocycles. The maximum atomic E-state index is 13.7. The van der Waals surface area contributed by atoms with Gasteiger partial charge in [-0.3, -0.25) is 5.84 Å². The predicted molar refractivity (Wildman–Crippen MR) is 83.6 cm³/mol. The van der Waals surface area contributed by atoms with Crippen molar-refractivity contribution in [3.63, 3.8) is 0 Å². The van der Waals surface area contributed by atoms with Gasteiger partial charge in [0.1, 0.15) is 11.8 Å². The Kier molecular flexibility index (Phi) is 3.96. The number of benzene rings is 2. The zero-order valence-electron chi connectivity index (χ0n) is 11.5. The van der Waals surface area contributed by atoms with Crippen LogP contribution in [0.5, 0.6) is 0 Å². The van der Waals surface area contributed by atoms with Gasteiger partial charge in [-0.2, -0.15) is 0 Å². The molecule has 3 nitrogen and oxygen atoms in total. The summed E-state index contributed by atoms with van der Waals surface area (Å²) >= 11 is 1.67. The highest BCUT2D eigenvalue weighted by Gasteiger charge is 2.18. The van der Waals surface area contributed by atoms with Crippen molar-refractivity contribution in [1.82, 2.24) is 5.43 Å². The van der Waals surface area contributed by atoms with Crippen LogP contribution in [-0.2, 0) is 0 Å². The number of nitrogens with one attached hydrogen (secondary N) is 1. The third-order valence-corrected chi connectivity index (χ3v) is 4.16. The summed E-state index contributed by atoms with van der Waals surface area (Å²) in [4.78, 5) is 1.17. The number of halogens is 1. The molecule has 0 radical (unpaired) electrons. The number of rotatable bonds is 4. The Bertz CT molecular complexity index is 755. The van der Waals surface area contributed by atoms with Gasteiger partial charge < -0.3 is 4.42 Å². The molecule has 3 rings (SSSR count). The molecule has 0 fully saturated rings. The topological polar surface area (TPSA) is 51.2 Å². The second-order valence-corrected chi connectivity index (χ2v) is 5.56. The quantitative estimate of drug-likeness (QED) is 0.437. The van der Waals surface area contributed by atoms with Crippen LogP contribution in [-0.4, -0.2) is 6.26 Å². The monoisotopic (exact) mass is 302 g/mol. The molecule has 0 aliphatic rings. The molecule has 0 amide bonds. The summed E-state index contributed by atoms with van der Waals surface area (Å²) in [7, 11) is 0. The number of thioether (sulfide) groups is 1. The first kappa shape index (κ1) is 14.1. The van der Waals surface area contributed by atoms with Crippen LogP contribution in [0.15, 0.2) is 57.8 Å². The molecule has 0 spiro atoms. The van der Waals surface area contributed by atoms with Gasteiger partial charge in [-0.15, -0.1) is 11.8 Å². The summed E-state index contributed by atoms with van der Waals surface area (Å²) in [5.41, 5.74) is 3.95. The first-order valence-corrected chi connectivity index (χ1v) is 7.73. The average molecular weight is 302 g/mol. The van der Waals surface area contributed by atoms with E-state index in [0.717, 1.165) is 10.9 Å². The van der Waals surface area contributed by atoms with Crippen molar-refractivity contribution in [2.75, 3.05) is 6.26 Å². The first-order chi connectivity index (χ1) is 10.2. The van der Waals surface area contributed by atoms with Crippen LogP contribution in [0.25, 0.3) is 11.0 Å². The Morgan fingerprint density at radius 3 is 2.57 bits per heavy atom. The second kappa shape index (κ2) is 5.89. The van der Waals surface area contributed by atoms with Gasteiger partial charge in [0, 0.05) is 10.3 Å². The van der Waals surface area contributed by atoms with Crippen LogP contribution in [0.1, 0.15) is 17.4 Å². The molecular formula is C16H15FN2OS. The van der Waals surface area contributed by atoms with Gasteiger partial charge in [-0.25, -0.2) is 9.82 Å². The summed E-state index contributed by atoms with van der Waals surface area (Å²) in [6, 6.07) is 14.4. The van der Waals surface area contributed by atoms with E-state index in [1.807, 2.05) is 42.7 Å². The molecule has 1 unspecified atom stereocenters. The first-order valence-electron chi connectivity index (χ1n) is 6.51. The molecule has 0 aliphatic carbocycles. The Balaban J connectivity index is 2.02. The number of fused-ring (bicyclic) bond motifs is 1. The van der Waals surface area contributed by atoms with Crippen LogP contribution < -0.4 is 11.3 Å². The van der Waals surface area contributed by atoms with E-state index < -0.39 is 0 Å². The highest BCUT2D eigenvalue weighted by atomic mass is 32.2. The maximum absolute atomic E-state index is 13.7. The molecular weight excluding hydrogens is 287 g/mol. The van der Waals surface area contributed by atoms with Crippen molar-refractivity contribution < 1.29 is 8.81 Å². The van der Waals surface area contributed by atoms with Crippen LogP contribution in [0, 0.1) is 5.82 Å². The minimum Gasteiger partial charge on any atom is -0.456 e. The lowest BCUT2D eigenvalue weighted by Crippen LogP contribution is -2.28. The fourth-order valence-electron chi connectivity index (χ4n) is 2.33. The standard InChI is InChI=1S/C16H15FN2OS/c1-21-12-7-5-10(6-8-12)15(19-18)14-9-11-3-2-4-13(17)16(11)20-14/h2-9,15,19H,18H2,1H3. The lowest BCUT2D eigenvalue weighted by atomic mass is 10.1. The Morgan fingerprint density at radius 2 is 1.95 bits per heavy atom. The van der Waals surface area contributed by atoms with Crippen LogP contribution >= 0.6 is 11.8 Å². The van der Waals surface area contributed by atoms with Crippen molar-refractivity contribution in [3.05, 3.63) is 65.7 Å². The summed E-state index contributed by atoms with van der Waals surface area (Å²) in [6.07, 6.45) is 2.02. The van der Waals surface area contributed by atoms with E-state index >= 15 is 0 Å². The van der Waals surface area contributed by atoms with Crippen LogP contribution in [0.3, 0.4) is 0 Å². The van der Waals surface area contributed by atoms with E-state index in [1.54, 1.807) is 17.8 Å². The smallest absolute Gasteiger partial charge is 0.169 e. The number of hydrazine groups is 1. The van der Waals surface area contributed by atoms with E-state index in [0.29, 0.717) is 5.76 Å². The van der Waals surface area contributed by atoms with Crippen LogP contribution in [0.2, 0.25) is 0 Å². The molecule has 3 aromatic rings. The second-order valence-electron chi connectivity index (χ2n) is 4.68. The van der Waals surface area contributed by atoms with E-state index in [-0.39, 0.29) is 17.4 Å². The van der Waals surface area contributed by atoms with Crippen molar-refractivity contribution >= 4 is 22.7 Å². The number of para-hydroxylation sites is 1. The third kappa shape index (κ3) is 2.68. The summed E-state index contributed by atoms with van der Waals surface area (Å²) in [5, 5.41) is 0.728. The van der Waals surface area contributed by atoms with Crippen molar-refractivity contribution in [3.8, 4) is 0 Å². The van der Waals surface area contributed by atoms with E-state index in [4.69, 9.17) is 10.3 Å². The summed E-state index contributed by atoms with van der Waals surface area (Å²) < 4.78 is 19.4. The van der Waals surface area contributed by atoms with Gasteiger partial charge in [-0.1, -0.05) is 24.3 Å². The average Bonchev–Trinajstić information content (AvgIpc) is 2.94. The summed E-state index contributed by atoms with van der Waals surface area (Å²) in [5.74, 6) is 5.88. The number of furan rings is 1. The molecule has 5 heteroatoms. The minimum absolute atomic E-state index is 0.258. The zero-order valence-corrected chi connectivity index (χ0v) is 12.3. The molecule has 2 aromatic carbocycles. The minimum atomic E-state index is -0.368. The van der Waals surface area contributed by atoms with E-state index in [1.165, 1.54) is 11.0 Å². The number of hydrogen-bond acceptors (Lipinski definition) is 4. The fourth-order valence-corrected chi connectivity index (χ4v) is 2.74. The van der Waals surface area contributed by atoms with Crippen LogP contribution in [0.4, 0.5) is 4.39 Å². The normalized spacial score (nSPS) is 12.7. The lowest BCUT2D eigenvalue weighted by molar-refractivity contribution is 0.465. The lowest BCUT2D eigenvalue weighted by Gasteiger charge is -2.14. The molecule has 0 aliphatic heterocycles. The largest absolute Gasteiger partial charge is 0.456 e. The van der Waals surface area contributed by atoms with Crippen molar-refractivity contribution in [2.45, 2.75) is 10.9 Å².